The summed E-state index contributed by atoms with van der Waals surface area (Å²) in [5.41, 5.74) is 7.00. The highest BCUT2D eigenvalue weighted by molar-refractivity contribution is 7.09. The van der Waals surface area contributed by atoms with Gasteiger partial charge in [0.15, 0.2) is 0 Å². The number of hydrogen-bond acceptors (Lipinski definition) is 5. The van der Waals surface area contributed by atoms with Gasteiger partial charge in [0.25, 0.3) is 5.91 Å². The number of carbonyl (C=O) groups excluding carboxylic acids is 1. The summed E-state index contributed by atoms with van der Waals surface area (Å²) in [5.74, 6) is 0.429. The summed E-state index contributed by atoms with van der Waals surface area (Å²) in [6, 6.07) is 1.90. The van der Waals surface area contributed by atoms with Crippen LogP contribution in [-0.4, -0.2) is 20.7 Å². The summed E-state index contributed by atoms with van der Waals surface area (Å²) in [6.07, 6.45) is 0.852. The van der Waals surface area contributed by atoms with Gasteiger partial charge in [-0.25, -0.2) is 4.98 Å². The largest absolute Gasteiger partial charge is 0.325 e. The van der Waals surface area contributed by atoms with E-state index in [0.29, 0.717) is 18.1 Å². The van der Waals surface area contributed by atoms with Crippen molar-refractivity contribution in [1.82, 2.24) is 14.8 Å². The number of aromatic nitrogens is 3. The Morgan fingerprint density at radius 1 is 1.48 bits per heavy atom. The third-order valence-electron chi connectivity index (χ3n) is 2.84. The lowest BCUT2D eigenvalue weighted by Gasteiger charge is -2.15. The number of nitrogens with one attached hydrogen (secondary N) is 1. The van der Waals surface area contributed by atoms with Gasteiger partial charge in [-0.15, -0.1) is 11.3 Å². The molecular weight excluding hydrogens is 286 g/mol. The van der Waals surface area contributed by atoms with Crippen LogP contribution in [0.15, 0.2) is 11.4 Å². The molecule has 2 aromatic rings. The van der Waals surface area contributed by atoms with Crippen molar-refractivity contribution in [3.05, 3.63) is 27.8 Å². The van der Waals surface area contributed by atoms with E-state index in [1.165, 1.54) is 11.3 Å². The molecule has 6 nitrogen and oxygen atoms in total. The zero-order chi connectivity index (χ0) is 15.6. The minimum Gasteiger partial charge on any atom is -0.325 e. The van der Waals surface area contributed by atoms with Crippen LogP contribution in [-0.2, 0) is 20.0 Å². The van der Waals surface area contributed by atoms with Crippen molar-refractivity contribution < 1.29 is 4.79 Å². The van der Waals surface area contributed by atoms with Crippen molar-refractivity contribution in [3.63, 3.8) is 0 Å². The molecule has 0 spiro atoms. The first-order valence-electron chi connectivity index (χ1n) is 6.77. The summed E-state index contributed by atoms with van der Waals surface area (Å²) >= 11 is 1.39. The van der Waals surface area contributed by atoms with Gasteiger partial charge in [0.05, 0.1) is 5.69 Å². The van der Waals surface area contributed by atoms with E-state index < -0.39 is 0 Å². The van der Waals surface area contributed by atoms with Crippen LogP contribution in [0.2, 0.25) is 0 Å². The van der Waals surface area contributed by atoms with Crippen LogP contribution in [0.25, 0.3) is 0 Å². The number of aryl methyl sites for hydroxylation is 1. The molecule has 0 atom stereocenters. The maximum Gasteiger partial charge on any atom is 0.276 e. The van der Waals surface area contributed by atoms with Crippen molar-refractivity contribution in [1.29, 1.82) is 0 Å². The Morgan fingerprint density at radius 3 is 2.76 bits per heavy atom. The third-order valence-corrected chi connectivity index (χ3v) is 3.71. The predicted octanol–water partition coefficient (Wildman–Crippen LogP) is 2.18. The van der Waals surface area contributed by atoms with Crippen molar-refractivity contribution in [2.45, 2.75) is 33.7 Å². The minimum atomic E-state index is -0.240. The molecule has 0 radical (unpaired) electrons. The summed E-state index contributed by atoms with van der Waals surface area (Å²) in [7, 11) is 1.81. The molecule has 1 amide bonds. The van der Waals surface area contributed by atoms with Crippen molar-refractivity contribution >= 4 is 23.1 Å². The molecule has 3 N–H and O–H groups in total. The number of nitrogens with zero attached hydrogens (tertiary/aromatic N) is 3. The van der Waals surface area contributed by atoms with Gasteiger partial charge in [0.1, 0.15) is 16.5 Å². The van der Waals surface area contributed by atoms with Gasteiger partial charge in [-0.3, -0.25) is 9.48 Å². The highest BCUT2D eigenvalue weighted by Crippen LogP contribution is 2.22. The Morgan fingerprint density at radius 2 is 2.19 bits per heavy atom. The SMILES string of the molecule is Cn1nc(CC(C)(C)C)cc1NC(=O)c1csc(CN)n1. The third kappa shape index (κ3) is 4.12. The van der Waals surface area contributed by atoms with Crippen LogP contribution in [0.4, 0.5) is 5.82 Å². The molecule has 0 aromatic carbocycles. The molecule has 0 bridgehead atoms. The second kappa shape index (κ2) is 5.95. The number of rotatable bonds is 4. The molecule has 2 heterocycles. The Labute approximate surface area is 128 Å². The van der Waals surface area contributed by atoms with E-state index in [2.05, 4.69) is 36.2 Å². The lowest BCUT2D eigenvalue weighted by Crippen LogP contribution is -2.15. The van der Waals surface area contributed by atoms with Crippen LogP contribution in [0.3, 0.4) is 0 Å². The van der Waals surface area contributed by atoms with Crippen LogP contribution in [0.5, 0.6) is 0 Å². The van der Waals surface area contributed by atoms with E-state index in [9.17, 15) is 4.79 Å². The Hall–Kier alpha value is -1.73. The molecule has 0 fully saturated rings. The highest BCUT2D eigenvalue weighted by atomic mass is 32.1. The standard InChI is InChI=1S/C14H21N5OS/c1-14(2,3)6-9-5-11(19(4)18-9)17-13(20)10-8-21-12(7-15)16-10/h5,8H,6-7,15H2,1-4H3,(H,17,20). The number of nitrogens with two attached hydrogens (primary N) is 1. The summed E-state index contributed by atoms with van der Waals surface area (Å²) < 4.78 is 1.68. The smallest absolute Gasteiger partial charge is 0.276 e. The van der Waals surface area contributed by atoms with Gasteiger partial charge >= 0.3 is 0 Å². The normalized spacial score (nSPS) is 11.7. The van der Waals surface area contributed by atoms with Gasteiger partial charge in [-0.1, -0.05) is 20.8 Å². The number of thiazole rings is 1. The van der Waals surface area contributed by atoms with E-state index in [-0.39, 0.29) is 11.3 Å². The Kier molecular flexibility index (Phi) is 4.43. The quantitative estimate of drug-likeness (QED) is 0.906. The van der Waals surface area contributed by atoms with Gasteiger partial charge in [0.2, 0.25) is 0 Å². The first-order chi connectivity index (χ1) is 9.78. The van der Waals surface area contributed by atoms with E-state index in [1.807, 2.05) is 13.1 Å². The second-order valence-corrected chi connectivity index (χ2v) is 7.11. The maximum absolute atomic E-state index is 12.1. The van der Waals surface area contributed by atoms with E-state index >= 15 is 0 Å². The van der Waals surface area contributed by atoms with Crippen LogP contribution < -0.4 is 11.1 Å². The molecule has 2 rings (SSSR count). The molecule has 21 heavy (non-hydrogen) atoms. The summed E-state index contributed by atoms with van der Waals surface area (Å²) in [6.45, 7) is 6.82. The fourth-order valence-electron chi connectivity index (χ4n) is 1.96. The Balaban J connectivity index is 2.10. The molecule has 0 aliphatic rings. The van der Waals surface area contributed by atoms with Gasteiger partial charge in [-0.2, -0.15) is 5.10 Å². The number of amides is 1. The number of hydrogen-bond donors (Lipinski definition) is 2. The van der Waals surface area contributed by atoms with Gasteiger partial charge < -0.3 is 11.1 Å². The Bertz CT molecular complexity index is 638. The average molecular weight is 307 g/mol. The monoisotopic (exact) mass is 307 g/mol. The van der Waals surface area contributed by atoms with Crippen molar-refractivity contribution in [2.75, 3.05) is 5.32 Å². The number of carbonyl (C=O) groups is 1. The molecule has 0 saturated carbocycles. The lowest BCUT2D eigenvalue weighted by molar-refractivity contribution is 0.102. The van der Waals surface area contributed by atoms with Crippen LogP contribution >= 0.6 is 11.3 Å². The fourth-order valence-corrected chi connectivity index (χ4v) is 2.62. The van der Waals surface area contributed by atoms with E-state index in [0.717, 1.165) is 17.1 Å². The lowest BCUT2D eigenvalue weighted by atomic mass is 9.91. The topological polar surface area (TPSA) is 85.8 Å². The summed E-state index contributed by atoms with van der Waals surface area (Å²) in [5, 5.41) is 9.72. The maximum atomic E-state index is 12.1. The van der Waals surface area contributed by atoms with E-state index in [1.54, 1.807) is 10.1 Å². The summed E-state index contributed by atoms with van der Waals surface area (Å²) in [4.78, 5) is 16.3. The first-order valence-corrected chi connectivity index (χ1v) is 7.65. The molecule has 7 heteroatoms. The van der Waals surface area contributed by atoms with Gasteiger partial charge in [0, 0.05) is 25.0 Å². The zero-order valence-electron chi connectivity index (χ0n) is 12.8. The average Bonchev–Trinajstić information content (AvgIpc) is 2.95. The fraction of sp³-hybridized carbons (Fsp3) is 0.500. The zero-order valence-corrected chi connectivity index (χ0v) is 13.6. The second-order valence-electron chi connectivity index (χ2n) is 6.17. The molecule has 0 aliphatic heterocycles. The van der Waals surface area contributed by atoms with Crippen LogP contribution in [0, 0.1) is 5.41 Å². The number of anilines is 1. The molecule has 114 valence electrons. The first kappa shape index (κ1) is 15.7. The highest BCUT2D eigenvalue weighted by Gasteiger charge is 2.17. The van der Waals surface area contributed by atoms with Crippen molar-refractivity contribution in [2.24, 2.45) is 18.2 Å². The van der Waals surface area contributed by atoms with Crippen LogP contribution in [0.1, 0.15) is 42.0 Å². The van der Waals surface area contributed by atoms with Crippen molar-refractivity contribution in [3.8, 4) is 0 Å². The molecule has 0 aliphatic carbocycles. The van der Waals surface area contributed by atoms with Gasteiger partial charge in [-0.05, 0) is 11.8 Å². The molecule has 0 unspecified atom stereocenters. The minimum absolute atomic E-state index is 0.153. The predicted molar refractivity (Wildman–Crippen MR) is 84.3 cm³/mol. The van der Waals surface area contributed by atoms with E-state index in [4.69, 9.17) is 5.73 Å². The molecular formula is C14H21N5OS. The molecule has 2 aromatic heterocycles. The molecule has 0 saturated heterocycles.